The zero-order valence-corrected chi connectivity index (χ0v) is 16.1. The number of hydrogen-bond donors (Lipinski definition) is 0. The third-order valence-corrected chi connectivity index (χ3v) is 6.44. The lowest BCUT2D eigenvalue weighted by Crippen LogP contribution is -2.04. The largest absolute Gasteiger partial charge is 0.462 e. The number of ether oxygens (including phenoxy) is 1. The molecule has 0 N–H and O–H groups in total. The molecule has 0 spiro atoms. The lowest BCUT2D eigenvalue weighted by molar-refractivity contribution is -0.137. The fraction of sp³-hybridized carbons (Fsp3) is 0.0800. The maximum Gasteiger partial charge on any atom is 0.330 e. The van der Waals surface area contributed by atoms with Crippen molar-refractivity contribution < 1.29 is 9.53 Å². The Hall–Kier alpha value is -3.17. The van der Waals surface area contributed by atoms with Crippen LogP contribution in [0.2, 0.25) is 0 Å². The summed E-state index contributed by atoms with van der Waals surface area (Å²) in [5.74, 6) is -0.377. The molecule has 0 fully saturated rings. The first kappa shape index (κ1) is 17.0. The molecule has 28 heavy (non-hydrogen) atoms. The average Bonchev–Trinajstić information content (AvgIpc) is 3.13. The maximum atomic E-state index is 11.4. The number of hydrogen-bond acceptors (Lipinski definition) is 3. The zero-order valence-electron chi connectivity index (χ0n) is 15.3. The Morgan fingerprint density at radius 1 is 0.893 bits per heavy atom. The van der Waals surface area contributed by atoms with Gasteiger partial charge in [0.25, 0.3) is 0 Å². The molecule has 0 amide bonds. The number of benzene rings is 4. The topological polar surface area (TPSA) is 26.3 Å². The molecule has 1 aromatic heterocycles. The van der Waals surface area contributed by atoms with E-state index in [-0.39, 0.29) is 5.97 Å². The Labute approximate surface area is 166 Å². The molecule has 1 heterocycles. The predicted octanol–water partition coefficient (Wildman–Crippen LogP) is 6.63. The molecular formula is C25H18O2S. The summed E-state index contributed by atoms with van der Waals surface area (Å²) in [7, 11) is 0. The first-order valence-corrected chi connectivity index (χ1v) is 10.1. The van der Waals surface area contributed by atoms with E-state index in [0.717, 1.165) is 0 Å². The maximum absolute atomic E-state index is 11.4. The summed E-state index contributed by atoms with van der Waals surface area (Å²) in [5.41, 5.74) is 1.20. The van der Waals surface area contributed by atoms with Crippen molar-refractivity contribution in [2.45, 2.75) is 6.42 Å². The van der Waals surface area contributed by atoms with Crippen molar-refractivity contribution in [3.63, 3.8) is 0 Å². The molecule has 0 aliphatic rings. The molecule has 2 nitrogen and oxygen atoms in total. The Morgan fingerprint density at radius 3 is 2.61 bits per heavy atom. The van der Waals surface area contributed by atoms with Gasteiger partial charge in [-0.05, 0) is 33.2 Å². The molecule has 0 aliphatic carbocycles. The van der Waals surface area contributed by atoms with Crippen LogP contribution in [0.15, 0.2) is 79.4 Å². The van der Waals surface area contributed by atoms with Crippen molar-refractivity contribution in [1.29, 1.82) is 0 Å². The lowest BCUT2D eigenvalue weighted by atomic mass is 9.96. The molecule has 0 bridgehead atoms. The molecule has 0 saturated heterocycles. The van der Waals surface area contributed by atoms with Gasteiger partial charge in [0.2, 0.25) is 0 Å². The van der Waals surface area contributed by atoms with Crippen LogP contribution in [0.4, 0.5) is 0 Å². The highest BCUT2D eigenvalue weighted by molar-refractivity contribution is 7.26. The Balaban J connectivity index is 1.76. The van der Waals surface area contributed by atoms with Gasteiger partial charge in [0.1, 0.15) is 0 Å². The van der Waals surface area contributed by atoms with E-state index in [1.54, 1.807) is 0 Å². The second kappa shape index (κ2) is 6.77. The van der Waals surface area contributed by atoms with Gasteiger partial charge in [-0.25, -0.2) is 4.79 Å². The predicted molar refractivity (Wildman–Crippen MR) is 119 cm³/mol. The van der Waals surface area contributed by atoms with E-state index in [1.807, 2.05) is 11.3 Å². The van der Waals surface area contributed by atoms with Crippen LogP contribution >= 0.6 is 11.3 Å². The van der Waals surface area contributed by atoms with E-state index >= 15 is 0 Å². The lowest BCUT2D eigenvalue weighted by Gasteiger charge is -2.09. The summed E-state index contributed by atoms with van der Waals surface area (Å²) < 4.78 is 7.84. The molecule has 0 radical (unpaired) electrons. The van der Waals surface area contributed by atoms with Crippen molar-refractivity contribution in [1.82, 2.24) is 0 Å². The highest BCUT2D eigenvalue weighted by Gasteiger charge is 2.13. The number of esters is 1. The van der Waals surface area contributed by atoms with Gasteiger partial charge in [0, 0.05) is 32.7 Å². The molecular weight excluding hydrogens is 364 g/mol. The Bertz CT molecular complexity index is 1380. The van der Waals surface area contributed by atoms with E-state index in [2.05, 4.69) is 73.3 Å². The van der Waals surface area contributed by atoms with Gasteiger partial charge >= 0.3 is 5.97 Å². The molecule has 0 aliphatic heterocycles. The number of rotatable bonds is 4. The minimum atomic E-state index is -0.377. The molecule has 0 atom stereocenters. The highest BCUT2D eigenvalue weighted by atomic mass is 32.1. The standard InChI is InChI=1S/C25H18O2S/c1-2-22(26)27-15-14-18-8-5-7-17-11-13-21-24(23(17)18)20-12-10-16-6-3-4-9-19(16)25(20)28-21/h2-13H,1,14-15H2. The van der Waals surface area contributed by atoms with Crippen LogP contribution in [-0.4, -0.2) is 12.6 Å². The Kier molecular flexibility index (Phi) is 4.10. The monoisotopic (exact) mass is 382 g/mol. The fourth-order valence-corrected chi connectivity index (χ4v) is 5.22. The minimum Gasteiger partial charge on any atom is -0.462 e. The van der Waals surface area contributed by atoms with Crippen LogP contribution < -0.4 is 0 Å². The number of thiophene rings is 1. The highest BCUT2D eigenvalue weighted by Crippen LogP contribution is 2.42. The molecule has 4 aromatic carbocycles. The van der Waals surface area contributed by atoms with E-state index in [1.165, 1.54) is 53.4 Å². The van der Waals surface area contributed by atoms with E-state index < -0.39 is 0 Å². The summed E-state index contributed by atoms with van der Waals surface area (Å²) in [6, 6.07) is 23.8. The second-order valence-corrected chi connectivity index (χ2v) is 7.89. The first-order valence-electron chi connectivity index (χ1n) is 9.30. The molecule has 136 valence electrons. The van der Waals surface area contributed by atoms with E-state index in [9.17, 15) is 4.79 Å². The third-order valence-electron chi connectivity index (χ3n) is 5.24. The average molecular weight is 382 g/mol. The van der Waals surface area contributed by atoms with Crippen LogP contribution in [0.5, 0.6) is 0 Å². The van der Waals surface area contributed by atoms with Crippen LogP contribution in [0, 0.1) is 0 Å². The fourth-order valence-electron chi connectivity index (χ4n) is 3.98. The van der Waals surface area contributed by atoms with Gasteiger partial charge in [-0.1, -0.05) is 67.2 Å². The molecule has 0 saturated carbocycles. The second-order valence-electron chi connectivity index (χ2n) is 6.84. The SMILES string of the molecule is C=CC(=O)OCCc1cccc2ccc3sc4c5ccccc5ccc4c3c12. The van der Waals surface area contributed by atoms with Crippen molar-refractivity contribution in [2.24, 2.45) is 0 Å². The van der Waals surface area contributed by atoms with Crippen molar-refractivity contribution in [3.05, 3.63) is 84.9 Å². The first-order chi connectivity index (χ1) is 13.8. The summed E-state index contributed by atoms with van der Waals surface area (Å²) in [6.07, 6.45) is 1.89. The number of fused-ring (bicyclic) bond motifs is 7. The Morgan fingerprint density at radius 2 is 1.71 bits per heavy atom. The number of carbonyl (C=O) groups excluding carboxylic acids is 1. The van der Waals surface area contributed by atoms with Crippen LogP contribution in [0.3, 0.4) is 0 Å². The van der Waals surface area contributed by atoms with E-state index in [4.69, 9.17) is 4.74 Å². The van der Waals surface area contributed by atoms with Gasteiger partial charge in [-0.2, -0.15) is 0 Å². The third kappa shape index (κ3) is 2.67. The van der Waals surface area contributed by atoms with Crippen molar-refractivity contribution >= 4 is 59.0 Å². The zero-order chi connectivity index (χ0) is 19.1. The van der Waals surface area contributed by atoms with Crippen molar-refractivity contribution in [2.75, 3.05) is 6.61 Å². The molecule has 3 heteroatoms. The molecule has 5 rings (SSSR count). The van der Waals surface area contributed by atoms with Gasteiger partial charge < -0.3 is 4.74 Å². The smallest absolute Gasteiger partial charge is 0.330 e. The minimum absolute atomic E-state index is 0.353. The van der Waals surface area contributed by atoms with E-state index in [0.29, 0.717) is 13.0 Å². The van der Waals surface area contributed by atoms with Crippen LogP contribution in [0.1, 0.15) is 5.56 Å². The molecule has 0 unspecified atom stereocenters. The van der Waals surface area contributed by atoms with Crippen LogP contribution in [-0.2, 0) is 16.0 Å². The summed E-state index contributed by atoms with van der Waals surface area (Å²) in [6.45, 7) is 3.81. The number of carbonyl (C=O) groups is 1. The summed E-state index contributed by atoms with van der Waals surface area (Å²) in [5, 5.41) is 7.63. The van der Waals surface area contributed by atoms with Gasteiger partial charge in [-0.3, -0.25) is 0 Å². The normalized spacial score (nSPS) is 11.4. The van der Waals surface area contributed by atoms with Gasteiger partial charge in [-0.15, -0.1) is 11.3 Å². The van der Waals surface area contributed by atoms with Crippen LogP contribution in [0.25, 0.3) is 41.7 Å². The molecule has 5 aromatic rings. The van der Waals surface area contributed by atoms with Crippen molar-refractivity contribution in [3.8, 4) is 0 Å². The summed E-state index contributed by atoms with van der Waals surface area (Å²) in [4.78, 5) is 11.4. The quantitative estimate of drug-likeness (QED) is 0.257. The van der Waals surface area contributed by atoms with Gasteiger partial charge in [0.05, 0.1) is 6.61 Å². The summed E-state index contributed by atoms with van der Waals surface area (Å²) >= 11 is 1.85. The van der Waals surface area contributed by atoms with Gasteiger partial charge in [0.15, 0.2) is 0 Å².